The van der Waals surface area contributed by atoms with Crippen LogP contribution in [0.25, 0.3) is 0 Å². The predicted octanol–water partition coefficient (Wildman–Crippen LogP) is 0.598. The van der Waals surface area contributed by atoms with Crippen LogP contribution in [-0.4, -0.2) is 42.4 Å². The number of nitrogens with zero attached hydrogens (tertiary/aromatic N) is 3. The summed E-state index contributed by atoms with van der Waals surface area (Å²) in [6.45, 7) is 6.05. The normalized spacial score (nSPS) is 14.1. The van der Waals surface area contributed by atoms with E-state index in [2.05, 4.69) is 25.3 Å². The lowest BCUT2D eigenvalue weighted by Crippen LogP contribution is -2.40. The second-order valence-corrected chi connectivity index (χ2v) is 8.48. The summed E-state index contributed by atoms with van der Waals surface area (Å²) in [5.41, 5.74) is 1.79. The number of aromatic nitrogens is 2. The molecule has 2 rings (SSSR count). The summed E-state index contributed by atoms with van der Waals surface area (Å²) >= 11 is 0. The van der Waals surface area contributed by atoms with Gasteiger partial charge in [0.15, 0.2) is 11.5 Å². The number of hydrogen-bond acceptors (Lipinski definition) is 9. The zero-order valence-electron chi connectivity index (χ0n) is 15.8. The van der Waals surface area contributed by atoms with Crippen LogP contribution < -0.4 is 20.7 Å². The number of anilines is 1. The van der Waals surface area contributed by atoms with Crippen LogP contribution in [0.3, 0.4) is 0 Å². The SMILES string of the molecule is CC(CC(C)(C)CNS(N)(=O)=O)Nc1nonc1C(=NCc1ccco1)NO. The highest BCUT2D eigenvalue weighted by Gasteiger charge is 2.25. The van der Waals surface area contributed by atoms with E-state index in [0.717, 1.165) is 0 Å². The maximum absolute atomic E-state index is 11.1. The third kappa shape index (κ3) is 6.92. The van der Waals surface area contributed by atoms with Crippen LogP contribution in [0.2, 0.25) is 0 Å². The molecule has 1 atom stereocenters. The van der Waals surface area contributed by atoms with Crippen molar-refractivity contribution in [2.45, 2.75) is 39.8 Å². The molecule has 0 bridgehead atoms. The van der Waals surface area contributed by atoms with Gasteiger partial charge in [0, 0.05) is 12.6 Å². The first-order chi connectivity index (χ1) is 13.1. The molecule has 28 heavy (non-hydrogen) atoms. The van der Waals surface area contributed by atoms with Gasteiger partial charge in [-0.3, -0.25) is 15.7 Å². The fourth-order valence-corrected chi connectivity index (χ4v) is 3.23. The lowest BCUT2D eigenvalue weighted by atomic mass is 9.86. The van der Waals surface area contributed by atoms with Gasteiger partial charge < -0.3 is 9.73 Å². The van der Waals surface area contributed by atoms with Crippen molar-refractivity contribution in [2.75, 3.05) is 11.9 Å². The highest BCUT2D eigenvalue weighted by Crippen LogP contribution is 2.24. The van der Waals surface area contributed by atoms with Crippen LogP contribution in [0.15, 0.2) is 32.4 Å². The van der Waals surface area contributed by atoms with Crippen LogP contribution >= 0.6 is 0 Å². The molecule has 0 aromatic carbocycles. The molecule has 2 aromatic rings. The van der Waals surface area contributed by atoms with E-state index in [4.69, 9.17) is 14.2 Å². The molecule has 156 valence electrons. The quantitative estimate of drug-likeness (QED) is 0.211. The molecule has 0 aliphatic carbocycles. The molecule has 1 unspecified atom stereocenters. The van der Waals surface area contributed by atoms with E-state index in [9.17, 15) is 13.6 Å². The van der Waals surface area contributed by atoms with Gasteiger partial charge >= 0.3 is 0 Å². The van der Waals surface area contributed by atoms with Crippen molar-refractivity contribution in [3.05, 3.63) is 29.9 Å². The van der Waals surface area contributed by atoms with Crippen LogP contribution in [0, 0.1) is 5.41 Å². The topological polar surface area (TPSA) is 181 Å². The molecule has 2 aromatic heterocycles. The molecular weight excluding hydrogens is 390 g/mol. The average molecular weight is 415 g/mol. The van der Waals surface area contributed by atoms with Crippen LogP contribution in [0.5, 0.6) is 0 Å². The Morgan fingerprint density at radius 3 is 2.79 bits per heavy atom. The minimum Gasteiger partial charge on any atom is -0.467 e. The largest absolute Gasteiger partial charge is 0.467 e. The first-order valence-corrected chi connectivity index (χ1v) is 9.98. The monoisotopic (exact) mass is 415 g/mol. The molecule has 0 saturated heterocycles. The Morgan fingerprint density at radius 2 is 2.18 bits per heavy atom. The number of furan rings is 1. The second kappa shape index (κ2) is 9.14. The Hall–Kier alpha value is -2.48. The molecular formula is C15H25N7O5S. The number of hydrogen-bond donors (Lipinski definition) is 5. The van der Waals surface area contributed by atoms with Gasteiger partial charge in [-0.15, -0.1) is 0 Å². The molecule has 0 fully saturated rings. The number of hydroxylamine groups is 1. The summed E-state index contributed by atoms with van der Waals surface area (Å²) in [5.74, 6) is 0.945. The Bertz CT molecular complexity index is 876. The molecule has 0 aliphatic heterocycles. The van der Waals surface area contributed by atoms with Crippen molar-refractivity contribution >= 4 is 21.9 Å². The molecule has 2 heterocycles. The number of nitrogens with two attached hydrogens (primary N) is 1. The third-order valence-corrected chi connectivity index (χ3v) is 4.33. The van der Waals surface area contributed by atoms with Crippen molar-refractivity contribution in [1.29, 1.82) is 0 Å². The maximum Gasteiger partial charge on any atom is 0.274 e. The van der Waals surface area contributed by atoms with Crippen LogP contribution in [0.4, 0.5) is 5.82 Å². The van der Waals surface area contributed by atoms with Gasteiger partial charge in [-0.05, 0) is 41.2 Å². The lowest BCUT2D eigenvalue weighted by molar-refractivity contribution is 0.233. The predicted molar refractivity (Wildman–Crippen MR) is 101 cm³/mol. The molecule has 6 N–H and O–H groups in total. The average Bonchev–Trinajstić information content (AvgIpc) is 3.25. The molecule has 0 aliphatic rings. The van der Waals surface area contributed by atoms with Crippen LogP contribution in [0.1, 0.15) is 38.6 Å². The van der Waals surface area contributed by atoms with E-state index in [1.165, 1.54) is 6.26 Å². The summed E-state index contributed by atoms with van der Waals surface area (Å²) in [6, 6.07) is 3.35. The Morgan fingerprint density at radius 1 is 1.43 bits per heavy atom. The van der Waals surface area contributed by atoms with Gasteiger partial charge in [-0.1, -0.05) is 13.8 Å². The van der Waals surface area contributed by atoms with Crippen molar-refractivity contribution < 1.29 is 22.7 Å². The van der Waals surface area contributed by atoms with E-state index >= 15 is 0 Å². The summed E-state index contributed by atoms with van der Waals surface area (Å²) in [5, 5.41) is 25.1. The maximum atomic E-state index is 11.1. The van der Waals surface area contributed by atoms with Crippen molar-refractivity contribution in [3.63, 3.8) is 0 Å². The first-order valence-electron chi connectivity index (χ1n) is 8.43. The first kappa shape index (κ1) is 21.8. The standard InChI is InChI=1S/C15H25N7O5S/c1-10(7-15(2,3)9-18-28(16,24)25)19-14-12(21-27-22-14)13(20-23)17-8-11-5-4-6-26-11/h4-6,10,18,23H,7-9H2,1-3H3,(H,17,20)(H,19,22)(H2,16,24,25). The minimum atomic E-state index is -3.76. The van der Waals surface area contributed by atoms with Gasteiger partial charge in [0.25, 0.3) is 10.2 Å². The molecule has 0 radical (unpaired) electrons. The highest BCUT2D eigenvalue weighted by atomic mass is 32.2. The summed E-state index contributed by atoms with van der Waals surface area (Å²) in [7, 11) is -3.76. The molecule has 0 amide bonds. The molecule has 12 nitrogen and oxygen atoms in total. The Labute approximate surface area is 162 Å². The molecule has 0 spiro atoms. The second-order valence-electron chi connectivity index (χ2n) is 7.10. The Kier molecular flexibility index (Phi) is 7.12. The van der Waals surface area contributed by atoms with Gasteiger partial charge in [0.1, 0.15) is 5.76 Å². The van der Waals surface area contributed by atoms with Gasteiger partial charge in [-0.25, -0.2) is 14.5 Å². The van der Waals surface area contributed by atoms with Crippen molar-refractivity contribution in [1.82, 2.24) is 20.5 Å². The summed E-state index contributed by atoms with van der Waals surface area (Å²) in [6.07, 6.45) is 2.10. The van der Waals surface area contributed by atoms with Crippen molar-refractivity contribution in [3.8, 4) is 0 Å². The Balaban J connectivity index is 2.02. The molecule has 0 saturated carbocycles. The number of aliphatic imine (C=N–C) groups is 1. The zero-order valence-corrected chi connectivity index (χ0v) is 16.7. The number of rotatable bonds is 10. The van der Waals surface area contributed by atoms with E-state index in [0.29, 0.717) is 12.2 Å². The summed E-state index contributed by atoms with van der Waals surface area (Å²) in [4.78, 5) is 4.19. The lowest BCUT2D eigenvalue weighted by Gasteiger charge is -2.28. The van der Waals surface area contributed by atoms with Gasteiger partial charge in [0.2, 0.25) is 5.82 Å². The fraction of sp³-hybridized carbons (Fsp3) is 0.533. The van der Waals surface area contributed by atoms with E-state index in [-0.39, 0.29) is 41.9 Å². The van der Waals surface area contributed by atoms with E-state index in [1.54, 1.807) is 12.1 Å². The number of nitrogens with one attached hydrogen (secondary N) is 3. The van der Waals surface area contributed by atoms with Crippen molar-refractivity contribution in [2.24, 2.45) is 15.5 Å². The number of amidine groups is 1. The third-order valence-electron chi connectivity index (χ3n) is 3.79. The van der Waals surface area contributed by atoms with Gasteiger partial charge in [-0.2, -0.15) is 8.42 Å². The van der Waals surface area contributed by atoms with E-state index < -0.39 is 10.2 Å². The van der Waals surface area contributed by atoms with Crippen LogP contribution in [-0.2, 0) is 16.8 Å². The highest BCUT2D eigenvalue weighted by molar-refractivity contribution is 7.87. The smallest absolute Gasteiger partial charge is 0.274 e. The fourth-order valence-electron chi connectivity index (χ4n) is 2.64. The minimum absolute atomic E-state index is 0.0579. The zero-order chi connectivity index (χ0) is 20.8. The summed E-state index contributed by atoms with van der Waals surface area (Å²) < 4.78 is 34.4. The van der Waals surface area contributed by atoms with E-state index in [1.807, 2.05) is 26.3 Å². The van der Waals surface area contributed by atoms with Gasteiger partial charge in [0.05, 0.1) is 12.8 Å². The molecule has 13 heteroatoms.